The van der Waals surface area contributed by atoms with Gasteiger partial charge in [0.2, 0.25) is 5.78 Å². The number of carbonyl (C=O) groups is 2. The molecule has 0 saturated heterocycles. The van der Waals surface area contributed by atoms with Crippen LogP contribution in [0.3, 0.4) is 0 Å². The molecule has 0 unspecified atom stereocenters. The average Bonchev–Trinajstić information content (AvgIpc) is 3.37. The van der Waals surface area contributed by atoms with Crippen LogP contribution in [0.4, 0.5) is 5.69 Å². The fraction of sp³-hybridized carbons (Fsp3) is 0.0435. The van der Waals surface area contributed by atoms with Crippen molar-refractivity contribution in [2.45, 2.75) is 4.90 Å². The van der Waals surface area contributed by atoms with Crippen molar-refractivity contribution in [2.75, 3.05) is 11.9 Å². The van der Waals surface area contributed by atoms with E-state index in [1.54, 1.807) is 6.07 Å². The molecule has 0 atom stereocenters. The standard InChI is InChI=1S/C23H17NO4S/c1-24-21-16-8-3-2-7-15(16)11-12-19(21)29-23(24)20(17(26)9-4-5-13-25)22(27)18-10-6-14-28-18/h2-14,25H,1H3/b9-4+,13-5-,23-20-. The van der Waals surface area contributed by atoms with Gasteiger partial charge in [-0.1, -0.05) is 48.2 Å². The number of allylic oxidation sites excluding steroid dienone is 4. The lowest BCUT2D eigenvalue weighted by molar-refractivity contribution is -0.111. The first kappa shape index (κ1) is 18.8. The molecule has 0 radical (unpaired) electrons. The van der Waals surface area contributed by atoms with Gasteiger partial charge < -0.3 is 14.4 Å². The van der Waals surface area contributed by atoms with Gasteiger partial charge in [0.15, 0.2) is 11.5 Å². The fourth-order valence-corrected chi connectivity index (χ4v) is 4.49. The summed E-state index contributed by atoms with van der Waals surface area (Å²) in [7, 11) is 1.85. The third kappa shape index (κ3) is 3.39. The molecule has 0 saturated carbocycles. The van der Waals surface area contributed by atoms with E-state index >= 15 is 0 Å². The minimum Gasteiger partial charge on any atom is -0.516 e. The number of aliphatic hydroxyl groups is 1. The minimum atomic E-state index is -0.482. The van der Waals surface area contributed by atoms with Crippen LogP contribution in [-0.2, 0) is 4.79 Å². The molecule has 1 aliphatic rings. The number of Topliss-reactive ketones (excluding diaryl/α,β-unsaturated/α-hetero) is 1. The maximum atomic E-state index is 13.1. The molecule has 3 aromatic rings. The maximum Gasteiger partial charge on any atom is 0.234 e. The van der Waals surface area contributed by atoms with E-state index in [9.17, 15) is 9.59 Å². The second-order valence-electron chi connectivity index (χ2n) is 6.35. The zero-order valence-corrected chi connectivity index (χ0v) is 16.3. The van der Waals surface area contributed by atoms with Crippen molar-refractivity contribution in [3.05, 3.63) is 95.6 Å². The number of hydrogen-bond donors (Lipinski definition) is 1. The van der Waals surface area contributed by atoms with E-state index in [2.05, 4.69) is 0 Å². The SMILES string of the molecule is CN1/C(=C(\C(=O)/C=C/C=C\O)C(=O)c2ccco2)Sc2ccc3ccccc3c21. The normalized spacial score (nSPS) is 15.4. The molecule has 144 valence electrons. The molecule has 0 spiro atoms. The van der Waals surface area contributed by atoms with Gasteiger partial charge in [-0.3, -0.25) is 9.59 Å². The van der Waals surface area contributed by atoms with Gasteiger partial charge in [0, 0.05) is 17.3 Å². The second kappa shape index (κ2) is 7.85. The Labute approximate surface area is 171 Å². The Hall–Kier alpha value is -3.51. The number of rotatable bonds is 5. The van der Waals surface area contributed by atoms with Crippen molar-refractivity contribution in [3.8, 4) is 0 Å². The highest BCUT2D eigenvalue weighted by Crippen LogP contribution is 2.50. The Morgan fingerprint density at radius 1 is 1.07 bits per heavy atom. The smallest absolute Gasteiger partial charge is 0.234 e. The number of fused-ring (bicyclic) bond motifs is 3. The highest BCUT2D eigenvalue weighted by atomic mass is 32.2. The molecular formula is C23H17NO4S. The van der Waals surface area contributed by atoms with Crippen molar-refractivity contribution >= 4 is 39.8 Å². The largest absolute Gasteiger partial charge is 0.516 e. The lowest BCUT2D eigenvalue weighted by Crippen LogP contribution is -2.20. The monoisotopic (exact) mass is 403 g/mol. The van der Waals surface area contributed by atoms with Crippen LogP contribution in [0.2, 0.25) is 0 Å². The van der Waals surface area contributed by atoms with E-state index < -0.39 is 11.6 Å². The maximum absolute atomic E-state index is 13.1. The van der Waals surface area contributed by atoms with Crippen molar-refractivity contribution in [2.24, 2.45) is 0 Å². The Morgan fingerprint density at radius 2 is 1.90 bits per heavy atom. The second-order valence-corrected chi connectivity index (χ2v) is 7.38. The molecule has 6 heteroatoms. The lowest BCUT2D eigenvalue weighted by Gasteiger charge is -2.18. The summed E-state index contributed by atoms with van der Waals surface area (Å²) in [6.45, 7) is 0. The van der Waals surface area contributed by atoms with E-state index in [1.165, 1.54) is 42.3 Å². The summed E-state index contributed by atoms with van der Waals surface area (Å²) in [5.74, 6) is -0.846. The summed E-state index contributed by atoms with van der Waals surface area (Å²) in [6, 6.07) is 15.2. The molecule has 0 amide bonds. The number of nitrogens with zero attached hydrogens (tertiary/aromatic N) is 1. The first-order valence-electron chi connectivity index (χ1n) is 8.89. The van der Waals surface area contributed by atoms with Gasteiger partial charge >= 0.3 is 0 Å². The zero-order chi connectivity index (χ0) is 20.4. The fourth-order valence-electron chi connectivity index (χ4n) is 3.28. The van der Waals surface area contributed by atoms with Crippen molar-refractivity contribution < 1.29 is 19.1 Å². The number of carbonyl (C=O) groups excluding carboxylic acids is 2. The quantitative estimate of drug-likeness (QED) is 0.156. The van der Waals surface area contributed by atoms with Crippen LogP contribution < -0.4 is 4.90 Å². The van der Waals surface area contributed by atoms with Crippen LogP contribution in [-0.4, -0.2) is 23.7 Å². The molecule has 0 fully saturated rings. The number of thioether (sulfide) groups is 1. The average molecular weight is 403 g/mol. The van der Waals surface area contributed by atoms with Crippen LogP contribution in [0.1, 0.15) is 10.6 Å². The van der Waals surface area contributed by atoms with Crippen LogP contribution in [0, 0.1) is 0 Å². The molecular weight excluding hydrogens is 386 g/mol. The third-order valence-corrected chi connectivity index (χ3v) is 5.81. The summed E-state index contributed by atoms with van der Waals surface area (Å²) in [6.07, 6.45) is 6.18. The summed E-state index contributed by atoms with van der Waals surface area (Å²) in [5, 5.41) is 11.5. The Morgan fingerprint density at radius 3 is 2.66 bits per heavy atom. The van der Waals surface area contributed by atoms with Crippen molar-refractivity contribution in [1.29, 1.82) is 0 Å². The van der Waals surface area contributed by atoms with E-state index in [4.69, 9.17) is 9.52 Å². The highest BCUT2D eigenvalue weighted by molar-refractivity contribution is 8.03. The Kier molecular flexibility index (Phi) is 5.10. The predicted octanol–water partition coefficient (Wildman–Crippen LogP) is 5.27. The summed E-state index contributed by atoms with van der Waals surface area (Å²) in [5.41, 5.74) is 0.982. The summed E-state index contributed by atoms with van der Waals surface area (Å²) in [4.78, 5) is 28.9. The van der Waals surface area contributed by atoms with E-state index in [0.29, 0.717) is 5.03 Å². The third-order valence-electron chi connectivity index (χ3n) is 4.59. The molecule has 0 bridgehead atoms. The number of benzene rings is 2. The topological polar surface area (TPSA) is 70.8 Å². The number of ketones is 2. The Bertz CT molecular complexity index is 1190. The minimum absolute atomic E-state index is 0.0234. The van der Waals surface area contributed by atoms with Crippen LogP contribution >= 0.6 is 11.8 Å². The predicted molar refractivity (Wildman–Crippen MR) is 114 cm³/mol. The van der Waals surface area contributed by atoms with Crippen molar-refractivity contribution in [1.82, 2.24) is 0 Å². The van der Waals surface area contributed by atoms with Crippen molar-refractivity contribution in [3.63, 3.8) is 0 Å². The molecule has 2 heterocycles. The molecule has 4 rings (SSSR count). The van der Waals surface area contributed by atoms with E-state index in [1.807, 2.05) is 48.3 Å². The lowest BCUT2D eigenvalue weighted by atomic mass is 10.0. The van der Waals surface area contributed by atoms with Crippen LogP contribution in [0.15, 0.2) is 99.2 Å². The van der Waals surface area contributed by atoms with Gasteiger partial charge in [-0.05, 0) is 35.7 Å². The number of aliphatic hydroxyl groups excluding tert-OH is 1. The zero-order valence-electron chi connectivity index (χ0n) is 15.5. The van der Waals surface area contributed by atoms with Gasteiger partial charge in [-0.2, -0.15) is 0 Å². The van der Waals surface area contributed by atoms with E-state index in [0.717, 1.165) is 27.6 Å². The number of anilines is 1. The summed E-state index contributed by atoms with van der Waals surface area (Å²) >= 11 is 1.38. The van der Waals surface area contributed by atoms with Gasteiger partial charge in [-0.25, -0.2) is 0 Å². The highest BCUT2D eigenvalue weighted by Gasteiger charge is 2.33. The molecule has 0 aliphatic carbocycles. The van der Waals surface area contributed by atoms with Gasteiger partial charge in [0.1, 0.15) is 5.57 Å². The molecule has 29 heavy (non-hydrogen) atoms. The molecule has 5 nitrogen and oxygen atoms in total. The molecule has 1 N–H and O–H groups in total. The Balaban J connectivity index is 1.87. The number of furan rings is 1. The summed E-state index contributed by atoms with van der Waals surface area (Å²) < 4.78 is 5.25. The first-order valence-corrected chi connectivity index (χ1v) is 9.71. The molecule has 1 aliphatic heterocycles. The van der Waals surface area contributed by atoms with Gasteiger partial charge in [0.05, 0.1) is 23.2 Å². The van der Waals surface area contributed by atoms with Gasteiger partial charge in [0.25, 0.3) is 0 Å². The molecule has 2 aromatic carbocycles. The molecule has 1 aromatic heterocycles. The number of hydrogen-bond acceptors (Lipinski definition) is 6. The van der Waals surface area contributed by atoms with Gasteiger partial charge in [-0.15, -0.1) is 0 Å². The first-order chi connectivity index (χ1) is 14.1. The van der Waals surface area contributed by atoms with E-state index in [-0.39, 0.29) is 11.3 Å². The van der Waals surface area contributed by atoms with Crippen LogP contribution in [0.25, 0.3) is 10.8 Å². The van der Waals surface area contributed by atoms with Crippen LogP contribution in [0.5, 0.6) is 0 Å².